The Balaban J connectivity index is 0.000000157. The zero-order valence-corrected chi connectivity index (χ0v) is 81.4. The highest BCUT2D eigenvalue weighted by molar-refractivity contribution is 6.02. The van der Waals surface area contributed by atoms with E-state index in [1.165, 1.54) is 15.8 Å². The minimum absolute atomic E-state index is 0.0674. The zero-order valence-electron chi connectivity index (χ0n) is 81.4. The number of hydrogen-bond donors (Lipinski definition) is 12. The first-order valence-corrected chi connectivity index (χ1v) is 49.8. The number of tetrazole rings is 2. The SMILES string of the molecule is CN[C@@H](C)C(=O)N[C@H](C(=O)N1CCC[C@H]1C(=O)Nc1nonc1-c1ccccc1)C1CCCCC1.CN[C@@H](C)C(=O)N[C@H](C(=O)N1CCC[C@H]1C(=O)Nn1cnnc1-c1ccccc1)C1CCCCC1.CN[C@@H](C)C(=O)N[C@H](C(=O)N1CCC[C@H]1C(=O)Nn1nnc(-c2ccccc2)n1)C1CCCCC1.CN[C@@H](C)C(=O)N[C@H](C(=O)N1CCC[C@H]1C(=O)Nn1nnnc1-c1ccccc1)C1CCCCC1. The Morgan fingerprint density at radius 3 is 1.05 bits per heavy atom. The summed E-state index contributed by atoms with van der Waals surface area (Å²) in [5, 5.41) is 66.1. The molecule has 8 heterocycles. The van der Waals surface area contributed by atoms with E-state index in [-0.39, 0.29) is 100 Å². The molecule has 0 radical (unpaired) electrons. The third kappa shape index (κ3) is 27.1. The molecule has 8 fully saturated rings. The lowest BCUT2D eigenvalue weighted by Crippen LogP contribution is -2.58. The van der Waals surface area contributed by atoms with Gasteiger partial charge in [0.2, 0.25) is 70.6 Å². The Kier molecular flexibility index (Phi) is 38.4. The molecular formula is C98H137N29O13. The number of rotatable bonds is 32. The van der Waals surface area contributed by atoms with Gasteiger partial charge in [0.05, 0.1) is 24.2 Å². The van der Waals surface area contributed by atoms with Crippen molar-refractivity contribution in [3.05, 3.63) is 128 Å². The fourth-order valence-corrected chi connectivity index (χ4v) is 19.9. The van der Waals surface area contributed by atoms with Crippen LogP contribution in [0.25, 0.3) is 45.4 Å². The van der Waals surface area contributed by atoms with Gasteiger partial charge in [0.15, 0.2) is 11.5 Å². The molecule has 752 valence electrons. The number of amides is 12. The summed E-state index contributed by atoms with van der Waals surface area (Å²) < 4.78 is 6.38. The Bertz CT molecular complexity index is 5000. The molecule has 4 aromatic carbocycles. The van der Waals surface area contributed by atoms with Crippen molar-refractivity contribution >= 4 is 76.7 Å². The highest BCUT2D eigenvalue weighted by Crippen LogP contribution is 2.36. The summed E-state index contributed by atoms with van der Waals surface area (Å²) in [6, 6.07) is 30.7. The van der Waals surface area contributed by atoms with Gasteiger partial charge in [-0.3, -0.25) is 63.0 Å². The van der Waals surface area contributed by atoms with Crippen molar-refractivity contribution in [1.82, 2.24) is 128 Å². The van der Waals surface area contributed by atoms with Gasteiger partial charge in [-0.05, 0) is 208 Å². The highest BCUT2D eigenvalue weighted by atomic mass is 16.6. The van der Waals surface area contributed by atoms with E-state index in [2.05, 4.69) is 116 Å². The number of aromatic nitrogens is 13. The van der Waals surface area contributed by atoms with Crippen molar-refractivity contribution in [2.75, 3.05) is 76.0 Å². The predicted molar refractivity (Wildman–Crippen MR) is 520 cm³/mol. The summed E-state index contributed by atoms with van der Waals surface area (Å²) in [4.78, 5) is 168. The fourth-order valence-electron chi connectivity index (χ4n) is 19.9. The number of likely N-dealkylation sites (tertiary alicyclic amines) is 4. The molecule has 42 nitrogen and oxygen atoms in total. The minimum Gasteiger partial charge on any atom is -0.343 e. The van der Waals surface area contributed by atoms with Crippen LogP contribution in [-0.4, -0.2) is 283 Å². The third-order valence-electron chi connectivity index (χ3n) is 28.4. The number of nitrogens with one attached hydrogen (secondary N) is 12. The number of nitrogens with zero attached hydrogens (tertiary/aromatic N) is 17. The van der Waals surface area contributed by atoms with Gasteiger partial charge < -0.3 is 67.5 Å². The van der Waals surface area contributed by atoms with Crippen LogP contribution >= 0.6 is 0 Å². The lowest BCUT2D eigenvalue weighted by Gasteiger charge is -2.35. The van der Waals surface area contributed by atoms with Crippen LogP contribution in [0.1, 0.15) is 207 Å². The molecule has 4 saturated heterocycles. The van der Waals surface area contributed by atoms with Gasteiger partial charge >= 0.3 is 0 Å². The average Bonchev–Trinajstić information content (AvgIpc) is 1.62. The summed E-state index contributed by atoms with van der Waals surface area (Å²) in [5.74, 6) is -1.09. The van der Waals surface area contributed by atoms with Gasteiger partial charge in [-0.25, -0.2) is 20.2 Å². The molecule has 0 unspecified atom stereocenters. The molecule has 42 heteroatoms. The van der Waals surface area contributed by atoms with Crippen LogP contribution in [0, 0.1) is 23.7 Å². The van der Waals surface area contributed by atoms with E-state index in [0.717, 1.165) is 162 Å². The van der Waals surface area contributed by atoms with E-state index in [9.17, 15) is 57.5 Å². The molecule has 4 aromatic heterocycles. The van der Waals surface area contributed by atoms with Gasteiger partial charge in [0.1, 0.15) is 54.7 Å². The van der Waals surface area contributed by atoms with Crippen LogP contribution in [0.3, 0.4) is 0 Å². The molecule has 12 amide bonds. The summed E-state index contributed by atoms with van der Waals surface area (Å²) in [6.45, 7) is 8.97. The van der Waals surface area contributed by atoms with Crippen molar-refractivity contribution in [2.24, 2.45) is 23.7 Å². The number of anilines is 1. The van der Waals surface area contributed by atoms with Crippen LogP contribution in [0.5, 0.6) is 0 Å². The minimum atomic E-state index is -0.654. The van der Waals surface area contributed by atoms with Crippen LogP contribution in [-0.2, 0) is 57.5 Å². The molecule has 12 N–H and O–H groups in total. The number of benzene rings is 4. The second kappa shape index (κ2) is 51.6. The van der Waals surface area contributed by atoms with Gasteiger partial charge in [-0.15, -0.1) is 30.3 Å². The molecule has 16 rings (SSSR count). The summed E-state index contributed by atoms with van der Waals surface area (Å²) in [6.07, 6.45) is 26.5. The van der Waals surface area contributed by atoms with Gasteiger partial charge in [-0.1, -0.05) is 203 Å². The first-order chi connectivity index (χ1) is 67.9. The van der Waals surface area contributed by atoms with E-state index >= 15 is 0 Å². The monoisotopic (exact) mass is 1930 g/mol. The predicted octanol–water partition coefficient (Wildman–Crippen LogP) is 6.17. The maximum Gasteiger partial charge on any atom is 0.264 e. The fraction of sp³-hybridized carbons (Fsp3) is 0.571. The molecule has 4 aliphatic heterocycles. The van der Waals surface area contributed by atoms with Crippen molar-refractivity contribution in [1.29, 1.82) is 0 Å². The first-order valence-electron chi connectivity index (χ1n) is 49.8. The lowest BCUT2D eigenvalue weighted by atomic mass is 9.83. The summed E-state index contributed by atoms with van der Waals surface area (Å²) >= 11 is 0. The van der Waals surface area contributed by atoms with Crippen LogP contribution in [0.2, 0.25) is 0 Å². The lowest BCUT2D eigenvalue weighted by molar-refractivity contribution is -0.142. The van der Waals surface area contributed by atoms with Crippen molar-refractivity contribution in [3.8, 4) is 45.4 Å². The zero-order chi connectivity index (χ0) is 99.1. The Hall–Kier alpha value is -13.2. The number of carbonyl (C=O) groups excluding carboxylic acids is 12. The Morgan fingerprint density at radius 2 is 0.679 bits per heavy atom. The normalized spacial score (nSPS) is 20.3. The standard InChI is InChI=1S/C25H35N7O3.C25H34N6O4.2C24H34N8O3/c1-17(26-2)23(33)28-21(18-10-5-3-6-11-18)25(35)31-15-9-14-20(31)24(34)30-32-16-27-29-22(32)19-12-7-4-8-13-19;1-16(26-2)23(32)27-21(18-12-7-4-8-13-18)25(34)31-15-9-14-19(31)24(33)28-22-20(29-35-30-22)17-10-5-3-6-11-17;1-16(25-2)22(33)26-20(17-10-5-3-6-11-17)24(35)31-15-9-14-19(31)23(34)28-32-21(27-29-30-32)18-12-7-4-8-13-18;1-16(25-2)22(33)26-20(17-10-5-3-6-11-17)24(35)31-15-9-14-19(31)23(34)29-32-28-21(27-30-32)18-12-7-4-8-13-18/h4,7-8,12-13,16-18,20-21,26H,3,5-6,9-11,14-15H2,1-2H3,(H,28,33)(H,30,34);3,5-6,10-11,16,18-19,21,26H,4,7-9,12-15H2,1-2H3,(H,27,32)(H,28,30,33);4,7-8,12-13,16-17,19-20,25H,3,5-6,9-11,14-15H2,1-2H3,(H,26,33)(H,28,34);4,7-8,12-13,16-17,19-20,25H,3,5-6,9-11,14-15H2,1-2H3,(H,26,33)(H,29,34)/t17-,20-,21-;16-,19-,21-;2*16-,19-,20-/m0000/s1. The maximum absolute atomic E-state index is 13.8. The van der Waals surface area contributed by atoms with Crippen molar-refractivity contribution in [2.45, 2.75) is 280 Å². The van der Waals surface area contributed by atoms with E-state index in [1.807, 2.05) is 121 Å². The number of likely N-dealkylation sites (N-methyl/N-ethyl adjacent to an activating group) is 4. The third-order valence-corrected chi connectivity index (χ3v) is 28.4. The van der Waals surface area contributed by atoms with E-state index in [4.69, 9.17) is 4.63 Å². The highest BCUT2D eigenvalue weighted by Gasteiger charge is 2.47. The molecule has 140 heavy (non-hydrogen) atoms. The van der Waals surface area contributed by atoms with Crippen LogP contribution in [0.15, 0.2) is 132 Å². The van der Waals surface area contributed by atoms with E-state index < -0.39 is 72.5 Å². The number of hydrogen-bond acceptors (Lipinski definition) is 27. The molecule has 4 aliphatic carbocycles. The Morgan fingerprint density at radius 1 is 0.343 bits per heavy atom. The van der Waals surface area contributed by atoms with Crippen LogP contribution < -0.4 is 64.1 Å². The maximum atomic E-state index is 13.8. The van der Waals surface area contributed by atoms with Gasteiger partial charge in [0, 0.05) is 48.4 Å². The molecule has 12 atom stereocenters. The molecule has 0 spiro atoms. The first kappa shape index (κ1) is 104. The second-order valence-corrected chi connectivity index (χ2v) is 37.5. The topological polar surface area (TPSA) is 519 Å². The van der Waals surface area contributed by atoms with Crippen molar-refractivity contribution in [3.63, 3.8) is 0 Å². The van der Waals surface area contributed by atoms with E-state index in [0.29, 0.717) is 94.3 Å². The van der Waals surface area contributed by atoms with Gasteiger partial charge in [-0.2, -0.15) is 0 Å². The average molecular weight is 1930 g/mol. The molecule has 4 saturated carbocycles. The number of carbonyl (C=O) groups is 12. The molecule has 8 aliphatic rings. The van der Waals surface area contributed by atoms with E-state index in [1.54, 1.807) is 75.5 Å². The quantitative estimate of drug-likeness (QED) is 0.0224. The summed E-state index contributed by atoms with van der Waals surface area (Å²) in [5.41, 5.74) is 11.8. The molecular weight excluding hydrogens is 1790 g/mol. The summed E-state index contributed by atoms with van der Waals surface area (Å²) in [7, 11) is 6.86. The van der Waals surface area contributed by atoms with Crippen molar-refractivity contribution < 1.29 is 62.2 Å². The Labute approximate surface area is 815 Å². The largest absolute Gasteiger partial charge is 0.343 e. The molecule has 8 aromatic rings. The second-order valence-electron chi connectivity index (χ2n) is 37.5. The molecule has 0 bridgehead atoms. The van der Waals surface area contributed by atoms with Crippen LogP contribution in [0.4, 0.5) is 5.82 Å². The smallest absolute Gasteiger partial charge is 0.264 e. The van der Waals surface area contributed by atoms with Gasteiger partial charge in [0.25, 0.3) is 17.7 Å².